The molecule has 2 rings (SSSR count). The predicted octanol–water partition coefficient (Wildman–Crippen LogP) is 2.82. The predicted molar refractivity (Wildman–Crippen MR) is 55.6 cm³/mol. The summed E-state index contributed by atoms with van der Waals surface area (Å²) in [5, 5.41) is 0.761. The highest BCUT2D eigenvalue weighted by Crippen LogP contribution is 2.25. The van der Waals surface area contributed by atoms with Crippen molar-refractivity contribution >= 4 is 11.6 Å². The Bertz CT molecular complexity index is 310. The average Bonchev–Trinajstić information content (AvgIpc) is 2.98. The monoisotopic (exact) mass is 212 g/mol. The lowest BCUT2D eigenvalue weighted by molar-refractivity contribution is 0.0540. The summed E-state index contributed by atoms with van der Waals surface area (Å²) in [6.45, 7) is 3.49. The lowest BCUT2D eigenvalue weighted by Gasteiger charge is -2.13. The van der Waals surface area contributed by atoms with Crippen LogP contribution < -0.4 is 0 Å². The zero-order chi connectivity index (χ0) is 9.97. The maximum Gasteiger partial charge on any atom is 0.104 e. The highest BCUT2D eigenvalue weighted by Gasteiger charge is 2.23. The second kappa shape index (κ2) is 4.30. The highest BCUT2D eigenvalue weighted by atomic mass is 35.5. The van der Waals surface area contributed by atoms with Crippen LogP contribution in [-0.4, -0.2) is 19.3 Å². The Hall–Kier alpha value is -0.570. The fourth-order valence-electron chi connectivity index (χ4n) is 1.31. The Morgan fingerprint density at radius 1 is 1.57 bits per heavy atom. The summed E-state index contributed by atoms with van der Waals surface area (Å²) in [7, 11) is 0. The molecule has 1 aromatic rings. The van der Waals surface area contributed by atoms with Crippen LogP contribution in [0.5, 0.6) is 0 Å². The van der Waals surface area contributed by atoms with Gasteiger partial charge in [-0.15, -0.1) is 0 Å². The first-order valence-electron chi connectivity index (χ1n) is 4.75. The largest absolute Gasteiger partial charge is 0.371 e. The van der Waals surface area contributed by atoms with Crippen LogP contribution in [0.2, 0.25) is 5.02 Å². The maximum absolute atomic E-state index is 6.04. The molecule has 1 saturated heterocycles. The number of rotatable bonds is 4. The van der Waals surface area contributed by atoms with Gasteiger partial charge in [-0.05, 0) is 18.6 Å². The molecule has 2 atom stereocenters. The summed E-state index contributed by atoms with van der Waals surface area (Å²) in [6.07, 6.45) is 0.341. The second-order valence-corrected chi connectivity index (χ2v) is 3.86. The molecular formula is C11H13ClO2. The Balaban J connectivity index is 1.95. The van der Waals surface area contributed by atoms with Gasteiger partial charge >= 0.3 is 0 Å². The molecule has 0 amide bonds. The Labute approximate surface area is 88.8 Å². The highest BCUT2D eigenvalue weighted by molar-refractivity contribution is 6.31. The molecule has 1 aliphatic rings. The van der Waals surface area contributed by atoms with Crippen molar-refractivity contribution in [3.05, 3.63) is 34.9 Å². The molecule has 0 spiro atoms. The van der Waals surface area contributed by atoms with E-state index in [1.807, 2.05) is 31.2 Å². The minimum Gasteiger partial charge on any atom is -0.371 e. The van der Waals surface area contributed by atoms with E-state index in [-0.39, 0.29) is 6.10 Å². The molecular weight excluding hydrogens is 200 g/mol. The van der Waals surface area contributed by atoms with Crippen molar-refractivity contribution in [2.24, 2.45) is 0 Å². The summed E-state index contributed by atoms with van der Waals surface area (Å²) in [5.74, 6) is 0. The molecule has 0 N–H and O–H groups in total. The summed E-state index contributed by atoms with van der Waals surface area (Å²) in [6, 6.07) is 7.75. The van der Waals surface area contributed by atoms with Gasteiger partial charge in [-0.3, -0.25) is 0 Å². The van der Waals surface area contributed by atoms with Crippen LogP contribution in [0, 0.1) is 0 Å². The zero-order valence-electron chi connectivity index (χ0n) is 8.07. The van der Waals surface area contributed by atoms with Gasteiger partial charge in [0.15, 0.2) is 0 Å². The third-order valence-electron chi connectivity index (χ3n) is 2.28. The van der Waals surface area contributed by atoms with Crippen LogP contribution >= 0.6 is 11.6 Å². The Morgan fingerprint density at radius 2 is 2.29 bits per heavy atom. The Kier molecular flexibility index (Phi) is 3.06. The lowest BCUT2D eigenvalue weighted by atomic mass is 10.1. The summed E-state index contributed by atoms with van der Waals surface area (Å²) >= 11 is 6.04. The van der Waals surface area contributed by atoms with Crippen molar-refractivity contribution in [3.63, 3.8) is 0 Å². The smallest absolute Gasteiger partial charge is 0.104 e. The molecule has 1 aromatic carbocycles. The third kappa shape index (κ3) is 2.47. The molecule has 1 aliphatic heterocycles. The number of hydrogen-bond donors (Lipinski definition) is 0. The molecule has 2 nitrogen and oxygen atoms in total. The maximum atomic E-state index is 6.04. The minimum absolute atomic E-state index is 0.0351. The van der Waals surface area contributed by atoms with Crippen molar-refractivity contribution in [3.8, 4) is 0 Å². The zero-order valence-corrected chi connectivity index (χ0v) is 8.83. The minimum atomic E-state index is 0.0351. The molecule has 0 unspecified atom stereocenters. The molecule has 0 bridgehead atoms. The van der Waals surface area contributed by atoms with E-state index in [2.05, 4.69) is 0 Å². The van der Waals surface area contributed by atoms with Crippen LogP contribution in [0.3, 0.4) is 0 Å². The fourth-order valence-corrected chi connectivity index (χ4v) is 1.60. The van der Waals surface area contributed by atoms with Crippen molar-refractivity contribution in [1.29, 1.82) is 0 Å². The molecule has 3 heteroatoms. The molecule has 76 valence electrons. The molecule has 14 heavy (non-hydrogen) atoms. The number of ether oxygens (including phenoxy) is 2. The van der Waals surface area contributed by atoms with Crippen LogP contribution in [0.4, 0.5) is 0 Å². The topological polar surface area (TPSA) is 21.8 Å². The first kappa shape index (κ1) is 9.97. The summed E-state index contributed by atoms with van der Waals surface area (Å²) in [4.78, 5) is 0. The van der Waals surface area contributed by atoms with Gasteiger partial charge < -0.3 is 9.47 Å². The number of benzene rings is 1. The fraction of sp³-hybridized carbons (Fsp3) is 0.455. The normalized spacial score (nSPS) is 22.0. The van der Waals surface area contributed by atoms with Crippen LogP contribution in [0.25, 0.3) is 0 Å². The standard InChI is InChI=1S/C11H13ClO2/c1-8(13-6-9-7-14-9)10-4-2-3-5-11(10)12/h2-5,8-9H,6-7H2,1H3/t8-,9-/m0/s1. The third-order valence-corrected chi connectivity index (χ3v) is 2.62. The van der Waals surface area contributed by atoms with E-state index in [1.165, 1.54) is 0 Å². The SMILES string of the molecule is C[C@H](OC[C@H]1CO1)c1ccccc1Cl. The molecule has 1 heterocycles. The molecule has 1 fully saturated rings. The molecule has 0 radical (unpaired) electrons. The van der Waals surface area contributed by atoms with Crippen LogP contribution in [0.1, 0.15) is 18.6 Å². The van der Waals surface area contributed by atoms with Crippen molar-refractivity contribution in [2.75, 3.05) is 13.2 Å². The molecule has 0 aromatic heterocycles. The summed E-state index contributed by atoms with van der Waals surface area (Å²) < 4.78 is 10.7. The number of epoxide rings is 1. The quantitative estimate of drug-likeness (QED) is 0.716. The van der Waals surface area contributed by atoms with Crippen LogP contribution in [-0.2, 0) is 9.47 Å². The number of hydrogen-bond acceptors (Lipinski definition) is 2. The van der Waals surface area contributed by atoms with Crippen molar-refractivity contribution in [2.45, 2.75) is 19.1 Å². The van der Waals surface area contributed by atoms with Crippen LogP contribution in [0.15, 0.2) is 24.3 Å². The first-order valence-corrected chi connectivity index (χ1v) is 5.13. The average molecular weight is 213 g/mol. The van der Waals surface area contributed by atoms with E-state index < -0.39 is 0 Å². The lowest BCUT2D eigenvalue weighted by Crippen LogP contribution is -2.06. The van der Waals surface area contributed by atoms with Crippen molar-refractivity contribution < 1.29 is 9.47 Å². The number of halogens is 1. The van der Waals surface area contributed by atoms with Gasteiger partial charge in [-0.1, -0.05) is 29.8 Å². The molecule has 0 aliphatic carbocycles. The van der Waals surface area contributed by atoms with Gasteiger partial charge in [0.05, 0.1) is 19.3 Å². The van der Waals surface area contributed by atoms with E-state index in [4.69, 9.17) is 21.1 Å². The van der Waals surface area contributed by atoms with Gasteiger partial charge in [-0.2, -0.15) is 0 Å². The van der Waals surface area contributed by atoms with E-state index in [0.29, 0.717) is 12.7 Å². The molecule has 0 saturated carbocycles. The van der Waals surface area contributed by atoms with E-state index in [0.717, 1.165) is 17.2 Å². The van der Waals surface area contributed by atoms with E-state index in [9.17, 15) is 0 Å². The Morgan fingerprint density at radius 3 is 2.93 bits per heavy atom. The van der Waals surface area contributed by atoms with Crippen molar-refractivity contribution in [1.82, 2.24) is 0 Å². The second-order valence-electron chi connectivity index (χ2n) is 3.45. The van der Waals surface area contributed by atoms with Gasteiger partial charge in [0.25, 0.3) is 0 Å². The van der Waals surface area contributed by atoms with E-state index >= 15 is 0 Å². The van der Waals surface area contributed by atoms with Gasteiger partial charge in [-0.25, -0.2) is 0 Å². The van der Waals surface area contributed by atoms with Gasteiger partial charge in [0.2, 0.25) is 0 Å². The first-order chi connectivity index (χ1) is 6.77. The van der Waals surface area contributed by atoms with Gasteiger partial charge in [0.1, 0.15) is 6.10 Å². The van der Waals surface area contributed by atoms with Gasteiger partial charge in [0, 0.05) is 5.02 Å². The summed E-state index contributed by atoms with van der Waals surface area (Å²) in [5.41, 5.74) is 1.04. The van der Waals surface area contributed by atoms with E-state index in [1.54, 1.807) is 0 Å².